The number of nitrogens with two attached hydrogens (primary N) is 1. The van der Waals surface area contributed by atoms with Crippen molar-refractivity contribution in [2.24, 2.45) is 0 Å². The van der Waals surface area contributed by atoms with Gasteiger partial charge >= 0.3 is 0 Å². The minimum absolute atomic E-state index is 0.104. The van der Waals surface area contributed by atoms with Gasteiger partial charge in [-0.3, -0.25) is 4.79 Å². The molecule has 1 aromatic rings. The van der Waals surface area contributed by atoms with Crippen LogP contribution in [0.4, 0.5) is 5.69 Å². The summed E-state index contributed by atoms with van der Waals surface area (Å²) < 4.78 is 0. The van der Waals surface area contributed by atoms with Gasteiger partial charge in [-0.1, -0.05) is 6.08 Å². The number of allylic oxidation sites excluding steroid dienone is 1. The highest BCUT2D eigenvalue weighted by Crippen LogP contribution is 2.27. The van der Waals surface area contributed by atoms with Crippen LogP contribution in [0.25, 0.3) is 0 Å². The van der Waals surface area contributed by atoms with Crippen LogP contribution in [-0.2, 0) is 6.42 Å². The zero-order valence-electron chi connectivity index (χ0n) is 8.08. The summed E-state index contributed by atoms with van der Waals surface area (Å²) in [6, 6.07) is 3.01. The predicted octanol–water partition coefficient (Wildman–Crippen LogP) is 1.91. The average molecular weight is 191 g/mol. The Labute approximate surface area is 82.9 Å². The van der Waals surface area contributed by atoms with Gasteiger partial charge in [-0.15, -0.1) is 6.58 Å². The van der Waals surface area contributed by atoms with Crippen LogP contribution in [0, 0.1) is 0 Å². The second kappa shape index (κ2) is 3.96. The summed E-state index contributed by atoms with van der Waals surface area (Å²) in [7, 11) is 0. The maximum absolute atomic E-state index is 11.1. The van der Waals surface area contributed by atoms with Gasteiger partial charge in [0.2, 0.25) is 0 Å². The molecule has 1 rings (SSSR count). The van der Waals surface area contributed by atoms with Crippen LogP contribution in [0.15, 0.2) is 24.8 Å². The molecule has 0 heterocycles. The van der Waals surface area contributed by atoms with Gasteiger partial charge in [-0.25, -0.2) is 0 Å². The maximum atomic E-state index is 11.1. The smallest absolute Gasteiger partial charge is 0.161 e. The molecule has 0 aromatic heterocycles. The van der Waals surface area contributed by atoms with E-state index in [1.807, 2.05) is 0 Å². The lowest BCUT2D eigenvalue weighted by Crippen LogP contribution is -2.03. The zero-order valence-corrected chi connectivity index (χ0v) is 8.08. The highest BCUT2D eigenvalue weighted by molar-refractivity contribution is 6.00. The molecule has 0 fully saturated rings. The number of aromatic hydroxyl groups is 1. The molecule has 0 aliphatic carbocycles. The van der Waals surface area contributed by atoms with Gasteiger partial charge in [0.15, 0.2) is 5.78 Å². The van der Waals surface area contributed by atoms with Crippen LogP contribution >= 0.6 is 0 Å². The number of ketones is 1. The molecule has 0 saturated carbocycles. The summed E-state index contributed by atoms with van der Waals surface area (Å²) in [6.45, 7) is 5.01. The van der Waals surface area contributed by atoms with Crippen LogP contribution < -0.4 is 5.73 Å². The first-order valence-electron chi connectivity index (χ1n) is 4.30. The van der Waals surface area contributed by atoms with Crippen molar-refractivity contribution in [3.63, 3.8) is 0 Å². The van der Waals surface area contributed by atoms with Gasteiger partial charge in [0.25, 0.3) is 0 Å². The van der Waals surface area contributed by atoms with Gasteiger partial charge in [0.1, 0.15) is 5.75 Å². The molecular formula is C11H13NO2. The molecule has 0 bridgehead atoms. The van der Waals surface area contributed by atoms with E-state index in [2.05, 4.69) is 6.58 Å². The summed E-state index contributed by atoms with van der Waals surface area (Å²) in [4.78, 5) is 11.1. The molecule has 0 amide bonds. The van der Waals surface area contributed by atoms with Gasteiger partial charge in [0, 0.05) is 16.8 Å². The first-order chi connectivity index (χ1) is 6.57. The fourth-order valence-electron chi connectivity index (χ4n) is 1.32. The second-order valence-electron chi connectivity index (χ2n) is 3.07. The normalized spacial score (nSPS) is 9.79. The maximum Gasteiger partial charge on any atom is 0.161 e. The fourth-order valence-corrected chi connectivity index (χ4v) is 1.32. The van der Waals surface area contributed by atoms with Gasteiger partial charge in [0.05, 0.1) is 0 Å². The molecule has 0 atom stereocenters. The standard InChI is InChI=1S/C11H13NO2/c1-3-4-9-10(14)6-5-8(7(2)13)11(9)12/h3,5-6,14H,1,4,12H2,2H3. The quantitative estimate of drug-likeness (QED) is 0.435. The van der Waals surface area contributed by atoms with Crippen LogP contribution in [0.2, 0.25) is 0 Å². The number of hydrogen-bond donors (Lipinski definition) is 2. The Bertz CT molecular complexity index is 383. The lowest BCUT2D eigenvalue weighted by Gasteiger charge is -2.09. The van der Waals surface area contributed by atoms with E-state index in [4.69, 9.17) is 5.73 Å². The van der Waals surface area contributed by atoms with E-state index in [0.717, 1.165) is 0 Å². The molecule has 0 aliphatic rings. The third-order valence-corrected chi connectivity index (χ3v) is 2.06. The third-order valence-electron chi connectivity index (χ3n) is 2.06. The number of hydrogen-bond acceptors (Lipinski definition) is 3. The molecular weight excluding hydrogens is 178 g/mol. The summed E-state index contributed by atoms with van der Waals surface area (Å²) >= 11 is 0. The number of phenols is 1. The van der Waals surface area contributed by atoms with Gasteiger partial charge in [-0.2, -0.15) is 0 Å². The summed E-state index contributed by atoms with van der Waals surface area (Å²) in [5, 5.41) is 9.49. The number of nitrogen functional groups attached to an aromatic ring is 1. The largest absolute Gasteiger partial charge is 0.508 e. The topological polar surface area (TPSA) is 63.3 Å². The van der Waals surface area contributed by atoms with Crippen LogP contribution in [0.1, 0.15) is 22.8 Å². The molecule has 3 heteroatoms. The third kappa shape index (κ3) is 1.76. The Balaban J connectivity index is 3.32. The van der Waals surface area contributed by atoms with E-state index in [9.17, 15) is 9.90 Å². The summed E-state index contributed by atoms with van der Waals surface area (Å²) in [6.07, 6.45) is 2.09. The number of benzene rings is 1. The van der Waals surface area contributed by atoms with Gasteiger partial charge in [-0.05, 0) is 25.5 Å². The lowest BCUT2D eigenvalue weighted by molar-refractivity contribution is 0.101. The minimum atomic E-state index is -0.104. The van der Waals surface area contributed by atoms with E-state index in [1.165, 1.54) is 19.1 Å². The van der Waals surface area contributed by atoms with E-state index in [-0.39, 0.29) is 11.5 Å². The average Bonchev–Trinajstić information content (AvgIpc) is 2.11. The van der Waals surface area contributed by atoms with Crippen molar-refractivity contribution in [3.8, 4) is 5.75 Å². The molecule has 0 unspecified atom stereocenters. The first kappa shape index (κ1) is 10.3. The van der Waals surface area contributed by atoms with Crippen molar-refractivity contribution in [2.75, 3.05) is 5.73 Å². The summed E-state index contributed by atoms with van der Waals surface area (Å²) in [5.74, 6) is 0.000197. The SMILES string of the molecule is C=CCc1c(O)ccc(C(C)=O)c1N. The summed E-state index contributed by atoms with van der Waals surface area (Å²) in [5.41, 5.74) is 7.09. The number of anilines is 1. The molecule has 0 spiro atoms. The van der Waals surface area contributed by atoms with E-state index < -0.39 is 0 Å². The molecule has 1 aromatic carbocycles. The molecule has 14 heavy (non-hydrogen) atoms. The monoisotopic (exact) mass is 191 g/mol. The number of carbonyl (C=O) groups is 1. The fraction of sp³-hybridized carbons (Fsp3) is 0.182. The molecule has 0 saturated heterocycles. The van der Waals surface area contributed by atoms with Crippen molar-refractivity contribution in [2.45, 2.75) is 13.3 Å². The lowest BCUT2D eigenvalue weighted by atomic mass is 10.0. The van der Waals surface area contributed by atoms with Crippen molar-refractivity contribution in [3.05, 3.63) is 35.9 Å². The molecule has 0 radical (unpaired) electrons. The van der Waals surface area contributed by atoms with E-state index >= 15 is 0 Å². The van der Waals surface area contributed by atoms with Crippen LogP contribution in [0.5, 0.6) is 5.75 Å². The van der Waals surface area contributed by atoms with Crippen molar-refractivity contribution in [1.82, 2.24) is 0 Å². The Morgan fingerprint density at radius 1 is 1.64 bits per heavy atom. The number of carbonyl (C=O) groups excluding carboxylic acids is 1. The molecule has 3 nitrogen and oxygen atoms in total. The number of phenolic OH excluding ortho intramolecular Hbond substituents is 1. The van der Waals surface area contributed by atoms with Crippen LogP contribution in [0.3, 0.4) is 0 Å². The second-order valence-corrected chi connectivity index (χ2v) is 3.07. The van der Waals surface area contributed by atoms with Crippen molar-refractivity contribution < 1.29 is 9.90 Å². The highest BCUT2D eigenvalue weighted by atomic mass is 16.3. The van der Waals surface area contributed by atoms with E-state index in [1.54, 1.807) is 6.08 Å². The Kier molecular flexibility index (Phi) is 2.92. The van der Waals surface area contributed by atoms with Gasteiger partial charge < -0.3 is 10.8 Å². The predicted molar refractivity (Wildman–Crippen MR) is 56.4 cm³/mol. The Morgan fingerprint density at radius 2 is 2.29 bits per heavy atom. The van der Waals surface area contributed by atoms with Crippen molar-refractivity contribution in [1.29, 1.82) is 0 Å². The van der Waals surface area contributed by atoms with Crippen molar-refractivity contribution >= 4 is 11.5 Å². The Morgan fingerprint density at radius 3 is 2.79 bits per heavy atom. The zero-order chi connectivity index (χ0) is 10.7. The Hall–Kier alpha value is -1.77. The number of rotatable bonds is 3. The van der Waals surface area contributed by atoms with Crippen LogP contribution in [-0.4, -0.2) is 10.9 Å². The highest BCUT2D eigenvalue weighted by Gasteiger charge is 2.11. The number of Topliss-reactive ketones (excluding diaryl/α,β-unsaturated/α-hetero) is 1. The van der Waals surface area contributed by atoms with E-state index in [0.29, 0.717) is 23.2 Å². The molecule has 3 N–H and O–H groups in total. The molecule has 74 valence electrons. The minimum Gasteiger partial charge on any atom is -0.508 e. The first-order valence-corrected chi connectivity index (χ1v) is 4.30. The molecule has 0 aliphatic heterocycles.